The molecule has 10 heteroatoms. The summed E-state index contributed by atoms with van der Waals surface area (Å²) in [6, 6.07) is 4.84. The van der Waals surface area contributed by atoms with Gasteiger partial charge in [-0.3, -0.25) is 0 Å². The van der Waals surface area contributed by atoms with Crippen LogP contribution in [0.25, 0.3) is 16.2 Å². The number of methoxy groups -OCH3 is 1. The molecule has 0 radical (unpaired) electrons. The van der Waals surface area contributed by atoms with Crippen LogP contribution in [0.2, 0.25) is 0 Å². The number of ether oxygens (including phenoxy) is 1. The predicted octanol–water partition coefficient (Wildman–Crippen LogP) is 2.55. The molecule has 3 rings (SSSR count). The van der Waals surface area contributed by atoms with E-state index in [0.717, 1.165) is 0 Å². The van der Waals surface area contributed by atoms with Crippen molar-refractivity contribution in [1.29, 1.82) is 0 Å². The Labute approximate surface area is 173 Å². The average molecular weight is 440 g/mol. The van der Waals surface area contributed by atoms with Crippen LogP contribution in [0, 0.1) is 6.92 Å². The highest BCUT2D eigenvalue weighted by Crippen LogP contribution is 2.37. The summed E-state index contributed by atoms with van der Waals surface area (Å²) in [6.45, 7) is 7.51. The van der Waals surface area contributed by atoms with Crippen LogP contribution in [0.1, 0.15) is 38.4 Å². The van der Waals surface area contributed by atoms with Gasteiger partial charge in [-0.05, 0) is 52.8 Å². The van der Waals surface area contributed by atoms with Crippen molar-refractivity contribution in [3.63, 3.8) is 0 Å². The summed E-state index contributed by atoms with van der Waals surface area (Å²) < 4.78 is 31.8. The lowest BCUT2D eigenvalue weighted by atomic mass is 10.1. The van der Waals surface area contributed by atoms with E-state index in [1.165, 1.54) is 38.4 Å². The van der Waals surface area contributed by atoms with Crippen LogP contribution >= 0.6 is 11.3 Å². The van der Waals surface area contributed by atoms with Gasteiger partial charge in [-0.1, -0.05) is 11.3 Å². The highest BCUT2D eigenvalue weighted by Gasteiger charge is 2.37. The molecule has 2 N–H and O–H groups in total. The van der Waals surface area contributed by atoms with E-state index in [9.17, 15) is 18.6 Å². The number of imidazole rings is 1. The smallest absolute Gasteiger partial charge is 0.213 e. The molecule has 0 aliphatic carbocycles. The normalized spacial score (nSPS) is 13.2. The van der Waals surface area contributed by atoms with Gasteiger partial charge in [0.1, 0.15) is 21.3 Å². The summed E-state index contributed by atoms with van der Waals surface area (Å²) >= 11 is 1.27. The molecular formula is C19H25N3O5S2. The van der Waals surface area contributed by atoms with Gasteiger partial charge in [-0.15, -0.1) is 0 Å². The van der Waals surface area contributed by atoms with E-state index in [-0.39, 0.29) is 10.6 Å². The van der Waals surface area contributed by atoms with Crippen molar-refractivity contribution >= 4 is 26.1 Å². The van der Waals surface area contributed by atoms with Crippen molar-refractivity contribution in [3.8, 4) is 17.0 Å². The lowest BCUT2D eigenvalue weighted by molar-refractivity contribution is 0.0773. The van der Waals surface area contributed by atoms with Crippen LogP contribution in [-0.4, -0.2) is 51.7 Å². The third-order valence-electron chi connectivity index (χ3n) is 4.74. The van der Waals surface area contributed by atoms with Crippen molar-refractivity contribution in [3.05, 3.63) is 28.9 Å². The van der Waals surface area contributed by atoms with Crippen molar-refractivity contribution in [1.82, 2.24) is 14.6 Å². The molecule has 0 fully saturated rings. The third-order valence-corrected chi connectivity index (χ3v) is 8.44. The summed E-state index contributed by atoms with van der Waals surface area (Å²) in [5.74, 6) is 0.198. The first-order valence-corrected chi connectivity index (χ1v) is 11.3. The second-order valence-electron chi connectivity index (χ2n) is 7.99. The first-order chi connectivity index (χ1) is 13.3. The quantitative estimate of drug-likeness (QED) is 0.607. The number of aryl methyl sites for hydroxylation is 1. The van der Waals surface area contributed by atoms with Gasteiger partial charge < -0.3 is 14.9 Å². The van der Waals surface area contributed by atoms with E-state index in [1.807, 2.05) is 6.92 Å². The molecule has 0 atom stereocenters. The maximum Gasteiger partial charge on any atom is 0.213 e. The fourth-order valence-corrected chi connectivity index (χ4v) is 5.25. The Kier molecular flexibility index (Phi) is 5.27. The number of nitrogens with zero attached hydrogens (tertiary/aromatic N) is 3. The fraction of sp³-hybridized carbons (Fsp3) is 0.474. The molecule has 0 saturated heterocycles. The Hall–Kier alpha value is -2.01. The fourth-order valence-electron chi connectivity index (χ4n) is 2.84. The van der Waals surface area contributed by atoms with Gasteiger partial charge in [0.05, 0.1) is 29.9 Å². The molecule has 0 aliphatic heterocycles. The van der Waals surface area contributed by atoms with E-state index in [4.69, 9.17) is 4.74 Å². The first-order valence-electron chi connectivity index (χ1n) is 8.96. The average Bonchev–Trinajstić information content (AvgIpc) is 3.17. The molecular weight excluding hydrogens is 414 g/mol. The minimum Gasteiger partial charge on any atom is -0.495 e. The van der Waals surface area contributed by atoms with E-state index in [1.54, 1.807) is 30.5 Å². The van der Waals surface area contributed by atoms with E-state index < -0.39 is 26.8 Å². The zero-order chi connectivity index (χ0) is 21.8. The van der Waals surface area contributed by atoms with Crippen LogP contribution in [0.4, 0.5) is 0 Å². The monoisotopic (exact) mass is 439 g/mol. The Morgan fingerprint density at radius 2 is 1.90 bits per heavy atom. The van der Waals surface area contributed by atoms with Gasteiger partial charge >= 0.3 is 0 Å². The van der Waals surface area contributed by atoms with Gasteiger partial charge in [-0.2, -0.15) is 5.10 Å². The van der Waals surface area contributed by atoms with Gasteiger partial charge in [0.25, 0.3) is 0 Å². The standard InChI is InChI=1S/C19H25N3O5S2/c1-11-15(22-17(20-11)28-16(21-22)19(4,5)24)12-7-8-13(27-6)14(9-12)29(25,26)18(2,3)10-23/h7-9,23-24H,10H2,1-6H3. The number of hydrogen-bond acceptors (Lipinski definition) is 8. The molecule has 3 aromatic rings. The molecule has 1 aromatic carbocycles. The Bertz CT molecular complexity index is 1170. The lowest BCUT2D eigenvalue weighted by Gasteiger charge is -2.23. The largest absolute Gasteiger partial charge is 0.495 e. The maximum absolute atomic E-state index is 13.2. The second-order valence-corrected chi connectivity index (χ2v) is 11.5. The van der Waals surface area contributed by atoms with Gasteiger partial charge in [0.2, 0.25) is 4.96 Å². The number of benzene rings is 1. The van der Waals surface area contributed by atoms with Crippen molar-refractivity contribution in [2.75, 3.05) is 13.7 Å². The number of aliphatic hydroxyl groups excluding tert-OH is 1. The zero-order valence-electron chi connectivity index (χ0n) is 17.2. The molecule has 0 aliphatic rings. The summed E-state index contributed by atoms with van der Waals surface area (Å²) in [4.78, 5) is 5.10. The van der Waals surface area contributed by atoms with Crippen molar-refractivity contribution < 1.29 is 23.4 Å². The number of hydrogen-bond donors (Lipinski definition) is 2. The third kappa shape index (κ3) is 3.54. The Morgan fingerprint density at radius 1 is 1.24 bits per heavy atom. The lowest BCUT2D eigenvalue weighted by Crippen LogP contribution is -2.36. The molecule has 0 bridgehead atoms. The molecule has 0 amide bonds. The topological polar surface area (TPSA) is 114 Å². The van der Waals surface area contributed by atoms with Crippen LogP contribution in [-0.2, 0) is 15.4 Å². The summed E-state index contributed by atoms with van der Waals surface area (Å²) in [7, 11) is -2.49. The van der Waals surface area contributed by atoms with Crippen molar-refractivity contribution in [2.24, 2.45) is 0 Å². The van der Waals surface area contributed by atoms with Crippen LogP contribution in [0.5, 0.6) is 5.75 Å². The highest BCUT2D eigenvalue weighted by molar-refractivity contribution is 7.93. The van der Waals surface area contributed by atoms with Gasteiger partial charge in [0.15, 0.2) is 9.84 Å². The number of aliphatic hydroxyl groups is 2. The summed E-state index contributed by atoms with van der Waals surface area (Å²) in [5, 5.41) is 24.9. The van der Waals surface area contributed by atoms with Crippen LogP contribution in [0.3, 0.4) is 0 Å². The zero-order valence-corrected chi connectivity index (χ0v) is 18.8. The number of sulfone groups is 1. The molecule has 29 heavy (non-hydrogen) atoms. The van der Waals surface area contributed by atoms with E-state index >= 15 is 0 Å². The number of fused-ring (bicyclic) bond motifs is 1. The SMILES string of the molecule is COc1ccc(-c2c(C)nc3sc(C(C)(C)O)nn23)cc1S(=O)(=O)C(C)(C)CO. The first kappa shape index (κ1) is 21.7. The number of rotatable bonds is 6. The van der Waals surface area contributed by atoms with E-state index in [0.29, 0.717) is 26.9 Å². The number of aromatic nitrogens is 3. The van der Waals surface area contributed by atoms with Gasteiger partial charge in [-0.25, -0.2) is 17.9 Å². The summed E-state index contributed by atoms with van der Waals surface area (Å²) in [6.07, 6.45) is 0. The van der Waals surface area contributed by atoms with Crippen LogP contribution < -0.4 is 4.74 Å². The minimum absolute atomic E-state index is 0.0103. The Morgan fingerprint density at radius 3 is 2.45 bits per heavy atom. The second kappa shape index (κ2) is 7.05. The maximum atomic E-state index is 13.2. The highest BCUT2D eigenvalue weighted by atomic mass is 32.2. The summed E-state index contributed by atoms with van der Waals surface area (Å²) in [5.41, 5.74) is 0.792. The minimum atomic E-state index is -3.89. The van der Waals surface area contributed by atoms with Crippen molar-refractivity contribution in [2.45, 2.75) is 49.9 Å². The van der Waals surface area contributed by atoms with Crippen LogP contribution in [0.15, 0.2) is 23.1 Å². The molecule has 8 nitrogen and oxygen atoms in total. The molecule has 0 spiro atoms. The van der Waals surface area contributed by atoms with E-state index in [2.05, 4.69) is 10.1 Å². The molecule has 0 unspecified atom stereocenters. The van der Waals surface area contributed by atoms with Gasteiger partial charge in [0, 0.05) is 5.56 Å². The molecule has 2 aromatic heterocycles. The molecule has 158 valence electrons. The Balaban J connectivity index is 2.26. The molecule has 0 saturated carbocycles. The predicted molar refractivity (Wildman–Crippen MR) is 111 cm³/mol. The molecule has 2 heterocycles.